The number of rotatable bonds is 17. The molecule has 0 aliphatic heterocycles. The molecule has 1 rings (SSSR count). The Labute approximate surface area is 232 Å². The standard InChI is InChI=1S/C18H30O3S.C4H6O7S.Na.H/c1-2-3-4-5-6-7-8-9-10-14-17-22(19,20)21-18-15-12-11-13-16-18;5-3(6)1-2(4(7)8)12(9,10)11;;/h11-13,15-16H,2-10,14,17H2,1H3;2H,1H2,(H,5,6)(H,7,8)(H,9,10,11);;/q;;+1;-1. The fourth-order valence-electron chi connectivity index (χ4n) is 2.91. The van der Waals surface area contributed by atoms with E-state index < -0.39 is 43.8 Å². The maximum absolute atomic E-state index is 11.8. The number of hydrogen-bond donors (Lipinski definition) is 3. The van der Waals surface area contributed by atoms with Crippen LogP contribution in [-0.2, 0) is 29.8 Å². The number of carboxylic acids is 2. The minimum atomic E-state index is -4.84. The molecule has 1 unspecified atom stereocenters. The van der Waals surface area contributed by atoms with Gasteiger partial charge in [-0.25, -0.2) is 0 Å². The van der Waals surface area contributed by atoms with Crippen LogP contribution in [0.4, 0.5) is 0 Å². The Morgan fingerprint density at radius 3 is 1.69 bits per heavy atom. The van der Waals surface area contributed by atoms with E-state index in [0.29, 0.717) is 12.2 Å². The molecule has 1 atom stereocenters. The van der Waals surface area contributed by atoms with Crippen LogP contribution in [0.2, 0.25) is 0 Å². The average molecular weight is 549 g/mol. The summed E-state index contributed by atoms with van der Waals surface area (Å²) in [6, 6.07) is 8.70. The first-order valence-electron chi connectivity index (χ1n) is 11.3. The first-order valence-corrected chi connectivity index (χ1v) is 14.3. The number of hydrogen-bond acceptors (Lipinski definition) is 7. The molecule has 0 heterocycles. The largest absolute Gasteiger partial charge is 1.00 e. The fourth-order valence-corrected chi connectivity index (χ4v) is 4.56. The Hall–Kier alpha value is -1.18. The summed E-state index contributed by atoms with van der Waals surface area (Å²) in [7, 11) is -8.28. The summed E-state index contributed by atoms with van der Waals surface area (Å²) < 4.78 is 57.3. The van der Waals surface area contributed by atoms with Crippen molar-refractivity contribution in [1.29, 1.82) is 0 Å². The molecule has 0 aliphatic carbocycles. The van der Waals surface area contributed by atoms with Crippen LogP contribution in [0.25, 0.3) is 0 Å². The predicted octanol–water partition coefficient (Wildman–Crippen LogP) is 1.23. The maximum atomic E-state index is 11.8. The number of carboxylic acid groups (broad SMARTS) is 2. The molecule has 0 spiro atoms. The zero-order valence-corrected chi connectivity index (χ0v) is 24.1. The molecule has 1 aromatic carbocycles. The van der Waals surface area contributed by atoms with Gasteiger partial charge in [0.1, 0.15) is 5.75 Å². The van der Waals surface area contributed by atoms with Crippen LogP contribution in [0.5, 0.6) is 5.75 Å². The predicted molar refractivity (Wildman–Crippen MR) is 129 cm³/mol. The summed E-state index contributed by atoms with van der Waals surface area (Å²) in [6.07, 6.45) is 10.7. The summed E-state index contributed by atoms with van der Waals surface area (Å²) in [5, 5.41) is 13.9. The van der Waals surface area contributed by atoms with Crippen molar-refractivity contribution >= 4 is 32.2 Å². The summed E-state index contributed by atoms with van der Waals surface area (Å²) >= 11 is 0. The topological polar surface area (TPSA) is 172 Å². The van der Waals surface area contributed by atoms with E-state index in [-0.39, 0.29) is 36.7 Å². The van der Waals surface area contributed by atoms with Crippen LogP contribution in [0.3, 0.4) is 0 Å². The van der Waals surface area contributed by atoms with Gasteiger partial charge in [-0.05, 0) is 18.6 Å². The van der Waals surface area contributed by atoms with Gasteiger partial charge in [-0.1, -0.05) is 82.9 Å². The molecule has 0 saturated heterocycles. The quantitative estimate of drug-likeness (QED) is 0.111. The van der Waals surface area contributed by atoms with Gasteiger partial charge in [-0.2, -0.15) is 16.8 Å². The van der Waals surface area contributed by atoms with Crippen molar-refractivity contribution in [2.45, 2.75) is 82.8 Å². The first kappa shape index (κ1) is 36.0. The van der Waals surface area contributed by atoms with E-state index >= 15 is 0 Å². The molecular formula is C22H37NaO10S2. The molecule has 0 amide bonds. The van der Waals surface area contributed by atoms with Crippen molar-refractivity contribution in [2.24, 2.45) is 0 Å². The molecule has 0 bridgehead atoms. The van der Waals surface area contributed by atoms with E-state index in [1.165, 1.54) is 44.9 Å². The third-order valence-corrected chi connectivity index (χ3v) is 7.03. The van der Waals surface area contributed by atoms with Crippen molar-refractivity contribution in [2.75, 3.05) is 5.75 Å². The number of benzene rings is 1. The summed E-state index contributed by atoms with van der Waals surface area (Å²) in [6.45, 7) is 2.23. The third kappa shape index (κ3) is 20.7. The van der Waals surface area contributed by atoms with E-state index in [4.69, 9.17) is 18.9 Å². The van der Waals surface area contributed by atoms with Gasteiger partial charge in [0, 0.05) is 0 Å². The molecule has 0 aromatic heterocycles. The van der Waals surface area contributed by atoms with Crippen LogP contribution in [-0.4, -0.2) is 54.5 Å². The molecule has 35 heavy (non-hydrogen) atoms. The second-order valence-electron chi connectivity index (χ2n) is 7.78. The van der Waals surface area contributed by atoms with Crippen molar-refractivity contribution in [3.8, 4) is 5.75 Å². The average Bonchev–Trinajstić information content (AvgIpc) is 2.73. The minimum absolute atomic E-state index is 0. The van der Waals surface area contributed by atoms with Gasteiger partial charge in [0.05, 0.1) is 12.2 Å². The molecule has 0 saturated carbocycles. The monoisotopic (exact) mass is 548 g/mol. The zero-order chi connectivity index (χ0) is 26.0. The second kappa shape index (κ2) is 19.9. The van der Waals surface area contributed by atoms with Crippen LogP contribution >= 0.6 is 0 Å². The van der Waals surface area contributed by atoms with E-state index in [9.17, 15) is 26.4 Å². The molecule has 1 aromatic rings. The SMILES string of the molecule is CCCCCCCCCCCCS(=O)(=O)Oc1ccccc1.O=C(O)CC(C(=O)O)S(=O)(=O)O.[H-].[Na+]. The van der Waals surface area contributed by atoms with Gasteiger partial charge >= 0.3 is 51.6 Å². The van der Waals surface area contributed by atoms with Crippen molar-refractivity contribution in [1.82, 2.24) is 0 Å². The molecule has 0 radical (unpaired) electrons. The van der Waals surface area contributed by atoms with Crippen LogP contribution in [0.1, 0.15) is 79.0 Å². The van der Waals surface area contributed by atoms with Crippen LogP contribution in [0, 0.1) is 0 Å². The molecule has 0 fully saturated rings. The Balaban J connectivity index is -0.000000670. The van der Waals surface area contributed by atoms with Crippen LogP contribution < -0.4 is 33.7 Å². The van der Waals surface area contributed by atoms with Gasteiger partial charge in [-0.3, -0.25) is 14.1 Å². The molecule has 0 aliphatic rings. The normalized spacial score (nSPS) is 11.9. The van der Waals surface area contributed by atoms with E-state index in [0.717, 1.165) is 12.8 Å². The van der Waals surface area contributed by atoms with Crippen molar-refractivity contribution in [3.05, 3.63) is 30.3 Å². The van der Waals surface area contributed by atoms with E-state index in [1.54, 1.807) is 24.3 Å². The zero-order valence-electron chi connectivity index (χ0n) is 21.5. The summed E-state index contributed by atoms with van der Waals surface area (Å²) in [5.41, 5.74) is 0. The molecule has 3 N–H and O–H groups in total. The summed E-state index contributed by atoms with van der Waals surface area (Å²) in [4.78, 5) is 20.0. The summed E-state index contributed by atoms with van der Waals surface area (Å²) in [5.74, 6) is -2.99. The van der Waals surface area contributed by atoms with Gasteiger partial charge in [0.15, 0.2) is 5.25 Å². The Morgan fingerprint density at radius 2 is 1.31 bits per heavy atom. The van der Waals surface area contributed by atoms with Crippen molar-refractivity contribution < 1.29 is 76.4 Å². The van der Waals surface area contributed by atoms with Gasteiger partial charge in [0.2, 0.25) is 0 Å². The second-order valence-corrected chi connectivity index (χ2v) is 11.1. The maximum Gasteiger partial charge on any atom is 1.00 e. The minimum Gasteiger partial charge on any atom is -1.00 e. The van der Waals surface area contributed by atoms with Gasteiger partial charge in [-0.15, -0.1) is 0 Å². The number of unbranched alkanes of at least 4 members (excludes halogenated alkanes) is 9. The van der Waals surface area contributed by atoms with Gasteiger partial charge in [0.25, 0.3) is 10.1 Å². The Kier molecular flexibility index (Phi) is 20.5. The van der Waals surface area contributed by atoms with E-state index in [1.807, 2.05) is 6.07 Å². The number of para-hydroxylation sites is 1. The van der Waals surface area contributed by atoms with Crippen molar-refractivity contribution in [3.63, 3.8) is 0 Å². The molecule has 13 heteroatoms. The first-order chi connectivity index (χ1) is 15.9. The Morgan fingerprint density at radius 1 is 0.857 bits per heavy atom. The van der Waals surface area contributed by atoms with Gasteiger partial charge < -0.3 is 15.8 Å². The van der Waals surface area contributed by atoms with E-state index in [2.05, 4.69) is 6.92 Å². The Bertz CT molecular complexity index is 925. The fraction of sp³-hybridized carbons (Fsp3) is 0.636. The molecule has 10 nitrogen and oxygen atoms in total. The number of aliphatic carboxylic acids is 2. The third-order valence-electron chi connectivity index (χ3n) is 4.71. The number of carbonyl (C=O) groups is 2. The molecular weight excluding hydrogens is 511 g/mol. The molecule has 198 valence electrons. The smallest absolute Gasteiger partial charge is 1.00 e. The van der Waals surface area contributed by atoms with Crippen LogP contribution in [0.15, 0.2) is 30.3 Å².